The molecule has 21 heavy (non-hydrogen) atoms. The van der Waals surface area contributed by atoms with E-state index in [1.165, 1.54) is 0 Å². The topological polar surface area (TPSA) is 75.6 Å². The van der Waals surface area contributed by atoms with E-state index in [1.807, 2.05) is 18.2 Å². The van der Waals surface area contributed by atoms with Crippen molar-refractivity contribution in [2.45, 2.75) is 37.7 Å². The number of anilines is 1. The number of nitrogens with one attached hydrogen (secondary N) is 1. The summed E-state index contributed by atoms with van der Waals surface area (Å²) in [7, 11) is 0. The highest BCUT2D eigenvalue weighted by Crippen LogP contribution is 2.29. The molecule has 1 amide bonds. The number of carbonyl (C=O) groups is 2. The minimum atomic E-state index is -1.42. The maximum absolute atomic E-state index is 11.9. The molecule has 1 aromatic carbocycles. The normalized spacial score (nSPS) is 17.0. The zero-order chi connectivity index (χ0) is 15.3. The largest absolute Gasteiger partial charge is 0.453 e. The van der Waals surface area contributed by atoms with Crippen LogP contribution in [0.25, 0.3) is 0 Å². The van der Waals surface area contributed by atoms with Crippen molar-refractivity contribution >= 4 is 40.2 Å². The second-order valence-electron chi connectivity index (χ2n) is 5.20. The molecule has 1 fully saturated rings. The van der Waals surface area contributed by atoms with E-state index < -0.39 is 17.5 Å². The number of amides is 1. The lowest BCUT2D eigenvalue weighted by Gasteiger charge is -2.29. The van der Waals surface area contributed by atoms with Crippen molar-refractivity contribution in [3.8, 4) is 0 Å². The fourth-order valence-electron chi connectivity index (χ4n) is 2.36. The highest BCUT2D eigenvalue weighted by atomic mass is 127. The lowest BCUT2D eigenvalue weighted by atomic mass is 9.85. The zero-order valence-corrected chi connectivity index (χ0v) is 13.8. The van der Waals surface area contributed by atoms with Crippen molar-refractivity contribution in [3.63, 3.8) is 0 Å². The Kier molecular flexibility index (Phi) is 5.58. The number of hydrogen-bond donors (Lipinski definition) is 2. The highest BCUT2D eigenvalue weighted by Gasteiger charge is 2.38. The van der Waals surface area contributed by atoms with Crippen LogP contribution in [0.4, 0.5) is 5.69 Å². The minimum Gasteiger partial charge on any atom is -0.453 e. The number of benzene rings is 1. The maximum Gasteiger partial charge on any atom is 0.338 e. The number of aliphatic hydroxyl groups is 1. The van der Waals surface area contributed by atoms with Gasteiger partial charge in [-0.25, -0.2) is 4.79 Å². The summed E-state index contributed by atoms with van der Waals surface area (Å²) in [6, 6.07) is 7.33. The molecule has 0 heterocycles. The zero-order valence-electron chi connectivity index (χ0n) is 11.6. The first-order valence-corrected chi connectivity index (χ1v) is 8.03. The lowest BCUT2D eigenvalue weighted by Crippen LogP contribution is -2.42. The van der Waals surface area contributed by atoms with Crippen molar-refractivity contribution in [2.24, 2.45) is 0 Å². The Bertz CT molecular complexity index is 526. The van der Waals surface area contributed by atoms with Crippen molar-refractivity contribution in [2.75, 3.05) is 11.9 Å². The fourth-order valence-corrected chi connectivity index (χ4v) is 2.88. The van der Waals surface area contributed by atoms with E-state index in [9.17, 15) is 14.7 Å². The number of para-hydroxylation sites is 1. The molecule has 0 aliphatic heterocycles. The summed E-state index contributed by atoms with van der Waals surface area (Å²) in [6.07, 6.45) is 3.44. The van der Waals surface area contributed by atoms with Gasteiger partial charge in [-0.1, -0.05) is 18.6 Å². The Morgan fingerprint density at radius 3 is 2.57 bits per heavy atom. The third-order valence-corrected chi connectivity index (χ3v) is 4.48. The van der Waals surface area contributed by atoms with E-state index >= 15 is 0 Å². The van der Waals surface area contributed by atoms with Gasteiger partial charge in [-0.05, 0) is 60.4 Å². The molecule has 0 spiro atoms. The number of rotatable bonds is 4. The van der Waals surface area contributed by atoms with Crippen LogP contribution in [0.5, 0.6) is 0 Å². The second kappa shape index (κ2) is 7.22. The first-order valence-electron chi connectivity index (χ1n) is 6.95. The van der Waals surface area contributed by atoms with Crippen molar-refractivity contribution in [3.05, 3.63) is 27.8 Å². The number of carbonyl (C=O) groups excluding carboxylic acids is 2. The van der Waals surface area contributed by atoms with E-state index in [0.717, 1.165) is 22.8 Å². The summed E-state index contributed by atoms with van der Waals surface area (Å²) in [5.41, 5.74) is -0.741. The van der Waals surface area contributed by atoms with Gasteiger partial charge in [-0.15, -0.1) is 0 Å². The van der Waals surface area contributed by atoms with Crippen LogP contribution in [0.2, 0.25) is 0 Å². The number of ether oxygens (including phenoxy) is 1. The molecule has 0 atom stereocenters. The van der Waals surface area contributed by atoms with Gasteiger partial charge in [0.1, 0.15) is 0 Å². The van der Waals surface area contributed by atoms with E-state index in [0.29, 0.717) is 18.5 Å². The number of halogens is 1. The molecule has 0 saturated heterocycles. The quantitative estimate of drug-likeness (QED) is 0.599. The Hall–Kier alpha value is -1.15. The summed E-state index contributed by atoms with van der Waals surface area (Å²) in [5, 5.41) is 12.9. The van der Waals surface area contributed by atoms with Crippen LogP contribution in [0.15, 0.2) is 24.3 Å². The van der Waals surface area contributed by atoms with E-state index in [4.69, 9.17) is 4.74 Å². The first kappa shape index (κ1) is 16.2. The summed E-state index contributed by atoms with van der Waals surface area (Å²) < 4.78 is 5.86. The third kappa shape index (κ3) is 4.41. The molecule has 0 aromatic heterocycles. The Labute approximate surface area is 137 Å². The van der Waals surface area contributed by atoms with E-state index in [1.54, 1.807) is 6.07 Å². The van der Waals surface area contributed by atoms with Gasteiger partial charge in [0.25, 0.3) is 5.91 Å². The van der Waals surface area contributed by atoms with Gasteiger partial charge in [0.15, 0.2) is 12.2 Å². The molecular formula is C15H18INO4. The Balaban J connectivity index is 1.84. The van der Waals surface area contributed by atoms with Crippen molar-refractivity contribution < 1.29 is 19.4 Å². The molecule has 1 aromatic rings. The number of hydrogen-bond acceptors (Lipinski definition) is 4. The minimum absolute atomic E-state index is 0.383. The maximum atomic E-state index is 11.9. The standard InChI is InChI=1S/C15H18INO4/c16-11-6-2-3-7-12(11)17-13(18)10-21-14(19)15(20)8-4-1-5-9-15/h2-3,6-7,20H,1,4-5,8-10H2,(H,17,18). The molecule has 2 N–H and O–H groups in total. The first-order chi connectivity index (χ1) is 10.0. The average Bonchev–Trinajstić information content (AvgIpc) is 2.48. The van der Waals surface area contributed by atoms with Crippen molar-refractivity contribution in [1.29, 1.82) is 0 Å². The van der Waals surface area contributed by atoms with Crippen LogP contribution in [0.1, 0.15) is 32.1 Å². The summed E-state index contributed by atoms with van der Waals surface area (Å²) in [6.45, 7) is -0.383. The van der Waals surface area contributed by atoms with Crippen LogP contribution in [-0.4, -0.2) is 29.2 Å². The summed E-state index contributed by atoms with van der Waals surface area (Å²) in [5.74, 6) is -1.10. The molecular weight excluding hydrogens is 385 g/mol. The predicted molar refractivity (Wildman–Crippen MR) is 86.8 cm³/mol. The third-order valence-electron chi connectivity index (χ3n) is 3.54. The Morgan fingerprint density at radius 1 is 1.24 bits per heavy atom. The van der Waals surface area contributed by atoms with E-state index in [-0.39, 0.29) is 6.61 Å². The lowest BCUT2D eigenvalue weighted by molar-refractivity contribution is -0.170. The molecule has 2 rings (SSSR count). The molecule has 1 saturated carbocycles. The molecule has 114 valence electrons. The van der Waals surface area contributed by atoms with Gasteiger partial charge in [-0.3, -0.25) is 4.79 Å². The molecule has 1 aliphatic rings. The molecule has 1 aliphatic carbocycles. The average molecular weight is 403 g/mol. The van der Waals surface area contributed by atoms with Gasteiger partial charge in [-0.2, -0.15) is 0 Å². The van der Waals surface area contributed by atoms with Crippen LogP contribution < -0.4 is 5.32 Å². The van der Waals surface area contributed by atoms with E-state index in [2.05, 4.69) is 27.9 Å². The number of esters is 1. The van der Waals surface area contributed by atoms with Gasteiger partial charge in [0.05, 0.1) is 5.69 Å². The van der Waals surface area contributed by atoms with Crippen LogP contribution in [0, 0.1) is 3.57 Å². The second-order valence-corrected chi connectivity index (χ2v) is 6.36. The molecule has 0 unspecified atom stereocenters. The van der Waals surface area contributed by atoms with Crippen LogP contribution in [-0.2, 0) is 14.3 Å². The molecule has 5 nitrogen and oxygen atoms in total. The summed E-state index contributed by atoms with van der Waals surface area (Å²) in [4.78, 5) is 23.7. The van der Waals surface area contributed by atoms with Crippen molar-refractivity contribution in [1.82, 2.24) is 0 Å². The van der Waals surface area contributed by atoms with Gasteiger partial charge in [0.2, 0.25) is 0 Å². The summed E-state index contributed by atoms with van der Waals surface area (Å²) >= 11 is 2.11. The molecule has 6 heteroatoms. The fraction of sp³-hybridized carbons (Fsp3) is 0.467. The van der Waals surface area contributed by atoms with Gasteiger partial charge < -0.3 is 15.2 Å². The smallest absolute Gasteiger partial charge is 0.338 e. The molecule has 0 bridgehead atoms. The SMILES string of the molecule is O=C(COC(=O)C1(O)CCCCC1)Nc1ccccc1I. The molecule has 0 radical (unpaired) electrons. The van der Waals surface area contributed by atoms with Gasteiger partial charge >= 0.3 is 5.97 Å². The highest BCUT2D eigenvalue weighted by molar-refractivity contribution is 14.1. The Morgan fingerprint density at radius 2 is 1.90 bits per heavy atom. The van der Waals surface area contributed by atoms with Gasteiger partial charge in [0, 0.05) is 3.57 Å². The van der Waals surface area contributed by atoms with Crippen LogP contribution >= 0.6 is 22.6 Å². The monoisotopic (exact) mass is 403 g/mol. The predicted octanol–water partition coefficient (Wildman–Crippen LogP) is 2.47. The van der Waals surface area contributed by atoms with Crippen LogP contribution in [0.3, 0.4) is 0 Å².